The standard InChI is InChI=1S/C22H24N8O4/c1-23-18-11-17(27-16-4-3-8-29(21(16)32)22-24-7-9-34-22)28-19-15(12-25-30(18)19)20(31)26-13-5-6-14(10-13)33-2/h3-4,7-9,11-14,23H,5-6,10H2,1-2H3,(H,26,31)(H,27,28)/t13-,14-/m0/s1. The van der Waals surface area contributed by atoms with Crippen LogP contribution in [0.5, 0.6) is 0 Å². The van der Waals surface area contributed by atoms with E-state index in [9.17, 15) is 9.59 Å². The van der Waals surface area contributed by atoms with E-state index in [0.717, 1.165) is 19.3 Å². The zero-order valence-electron chi connectivity index (χ0n) is 18.7. The molecule has 34 heavy (non-hydrogen) atoms. The Hall–Kier alpha value is -4.19. The van der Waals surface area contributed by atoms with Crippen molar-refractivity contribution in [2.24, 2.45) is 0 Å². The Bertz CT molecular complexity index is 1380. The van der Waals surface area contributed by atoms with Crippen LogP contribution in [0.2, 0.25) is 0 Å². The van der Waals surface area contributed by atoms with Gasteiger partial charge in [0, 0.05) is 32.5 Å². The minimum atomic E-state index is -0.363. The van der Waals surface area contributed by atoms with E-state index in [1.165, 1.54) is 23.2 Å². The number of pyridine rings is 1. The second-order valence-corrected chi connectivity index (χ2v) is 7.95. The number of anilines is 3. The molecular weight excluding hydrogens is 440 g/mol. The van der Waals surface area contributed by atoms with Gasteiger partial charge in [-0.25, -0.2) is 14.5 Å². The maximum atomic E-state index is 13.0. The van der Waals surface area contributed by atoms with Gasteiger partial charge in [0.2, 0.25) is 0 Å². The fraction of sp³-hybridized carbons (Fsp3) is 0.318. The van der Waals surface area contributed by atoms with Crippen molar-refractivity contribution in [1.29, 1.82) is 0 Å². The van der Waals surface area contributed by atoms with Gasteiger partial charge in [0.1, 0.15) is 29.1 Å². The molecule has 12 nitrogen and oxygen atoms in total. The van der Waals surface area contributed by atoms with Crippen LogP contribution in [0.4, 0.5) is 17.3 Å². The minimum Gasteiger partial charge on any atom is -0.432 e. The smallest absolute Gasteiger partial charge is 0.308 e. The molecule has 1 aliphatic rings. The number of nitrogens with zero attached hydrogens (tertiary/aromatic N) is 5. The molecule has 0 aliphatic heterocycles. The topological polar surface area (TPSA) is 141 Å². The number of carbonyl (C=O) groups is 1. The lowest BCUT2D eigenvalue weighted by molar-refractivity contribution is 0.0916. The predicted octanol–water partition coefficient (Wildman–Crippen LogP) is 1.95. The van der Waals surface area contributed by atoms with E-state index in [1.54, 1.807) is 43.1 Å². The van der Waals surface area contributed by atoms with Crippen molar-refractivity contribution in [3.8, 4) is 6.01 Å². The molecule has 4 heterocycles. The van der Waals surface area contributed by atoms with E-state index in [2.05, 4.69) is 31.0 Å². The molecule has 0 bridgehead atoms. The maximum absolute atomic E-state index is 13.0. The fourth-order valence-electron chi connectivity index (χ4n) is 4.13. The fourth-order valence-corrected chi connectivity index (χ4v) is 4.13. The van der Waals surface area contributed by atoms with Crippen LogP contribution in [-0.2, 0) is 4.74 Å². The van der Waals surface area contributed by atoms with E-state index in [4.69, 9.17) is 9.15 Å². The van der Waals surface area contributed by atoms with E-state index >= 15 is 0 Å². The number of hydrogen-bond acceptors (Lipinski definition) is 9. The zero-order valence-corrected chi connectivity index (χ0v) is 18.7. The first kappa shape index (κ1) is 21.6. The van der Waals surface area contributed by atoms with Crippen LogP contribution < -0.4 is 21.5 Å². The van der Waals surface area contributed by atoms with Gasteiger partial charge in [-0.15, -0.1) is 0 Å². The first-order valence-electron chi connectivity index (χ1n) is 10.9. The Morgan fingerprint density at radius 3 is 2.94 bits per heavy atom. The highest BCUT2D eigenvalue weighted by atomic mass is 16.5. The maximum Gasteiger partial charge on any atom is 0.308 e. The molecule has 0 unspecified atom stereocenters. The number of methoxy groups -OCH3 is 1. The van der Waals surface area contributed by atoms with Gasteiger partial charge in [-0.2, -0.15) is 9.61 Å². The van der Waals surface area contributed by atoms with Crippen LogP contribution in [0.15, 0.2) is 52.3 Å². The molecule has 2 atom stereocenters. The van der Waals surface area contributed by atoms with Gasteiger partial charge in [0.15, 0.2) is 5.65 Å². The number of ether oxygens (including phenoxy) is 1. The van der Waals surface area contributed by atoms with Crippen LogP contribution in [0.25, 0.3) is 11.7 Å². The molecule has 0 saturated heterocycles. The summed E-state index contributed by atoms with van der Waals surface area (Å²) in [7, 11) is 3.42. The van der Waals surface area contributed by atoms with E-state index < -0.39 is 0 Å². The van der Waals surface area contributed by atoms with Crippen molar-refractivity contribution in [2.75, 3.05) is 24.8 Å². The van der Waals surface area contributed by atoms with Crippen LogP contribution in [-0.4, -0.2) is 56.4 Å². The number of oxazole rings is 1. The minimum absolute atomic E-state index is 0.0375. The largest absolute Gasteiger partial charge is 0.432 e. The van der Waals surface area contributed by atoms with Gasteiger partial charge in [0.05, 0.1) is 18.5 Å². The van der Waals surface area contributed by atoms with Crippen LogP contribution in [0.3, 0.4) is 0 Å². The van der Waals surface area contributed by atoms with Gasteiger partial charge in [-0.05, 0) is 31.4 Å². The van der Waals surface area contributed by atoms with Crippen molar-refractivity contribution >= 4 is 28.9 Å². The highest BCUT2D eigenvalue weighted by molar-refractivity contribution is 6.00. The lowest BCUT2D eigenvalue weighted by atomic mass is 10.2. The predicted molar refractivity (Wildman–Crippen MR) is 124 cm³/mol. The van der Waals surface area contributed by atoms with E-state index in [0.29, 0.717) is 22.8 Å². The molecule has 12 heteroatoms. The first-order chi connectivity index (χ1) is 16.6. The summed E-state index contributed by atoms with van der Waals surface area (Å²) in [6.07, 6.45) is 8.60. The second-order valence-electron chi connectivity index (χ2n) is 7.95. The Labute approximate surface area is 194 Å². The summed E-state index contributed by atoms with van der Waals surface area (Å²) in [4.78, 5) is 34.5. The molecule has 0 spiro atoms. The van der Waals surface area contributed by atoms with Crippen molar-refractivity contribution in [3.05, 3.63) is 59.0 Å². The molecule has 5 rings (SSSR count). The lowest BCUT2D eigenvalue weighted by Crippen LogP contribution is -2.33. The first-order valence-corrected chi connectivity index (χ1v) is 10.9. The van der Waals surface area contributed by atoms with E-state index in [1.807, 2.05) is 0 Å². The van der Waals surface area contributed by atoms with Crippen LogP contribution in [0.1, 0.15) is 29.6 Å². The van der Waals surface area contributed by atoms with Gasteiger partial charge in [0.25, 0.3) is 11.5 Å². The number of amides is 1. The van der Waals surface area contributed by atoms with Crippen LogP contribution in [0, 0.1) is 0 Å². The zero-order chi connectivity index (χ0) is 23.7. The van der Waals surface area contributed by atoms with Crippen molar-refractivity contribution < 1.29 is 13.9 Å². The summed E-state index contributed by atoms with van der Waals surface area (Å²) in [5.74, 6) is 0.708. The molecule has 3 N–H and O–H groups in total. The molecule has 4 aromatic heterocycles. The van der Waals surface area contributed by atoms with Crippen LogP contribution >= 0.6 is 0 Å². The Kier molecular flexibility index (Phi) is 5.72. The summed E-state index contributed by atoms with van der Waals surface area (Å²) >= 11 is 0. The normalized spacial score (nSPS) is 17.7. The van der Waals surface area contributed by atoms with Gasteiger partial charge in [-0.3, -0.25) is 9.59 Å². The molecule has 1 aliphatic carbocycles. The summed E-state index contributed by atoms with van der Waals surface area (Å²) < 4.78 is 13.5. The highest BCUT2D eigenvalue weighted by Gasteiger charge is 2.27. The number of rotatable bonds is 7. The Balaban J connectivity index is 1.46. The molecule has 1 amide bonds. The third-order valence-electron chi connectivity index (χ3n) is 5.86. The molecular formula is C22H24N8O4. The average Bonchev–Trinajstić information content (AvgIpc) is 3.60. The number of aromatic nitrogens is 5. The molecule has 1 saturated carbocycles. The van der Waals surface area contributed by atoms with E-state index in [-0.39, 0.29) is 35.3 Å². The summed E-state index contributed by atoms with van der Waals surface area (Å²) in [5.41, 5.74) is 0.600. The van der Waals surface area contributed by atoms with Gasteiger partial charge >= 0.3 is 6.01 Å². The molecule has 176 valence electrons. The third kappa shape index (κ3) is 3.99. The number of nitrogens with one attached hydrogen (secondary N) is 3. The van der Waals surface area contributed by atoms with Crippen molar-refractivity contribution in [1.82, 2.24) is 29.5 Å². The Morgan fingerprint density at radius 1 is 1.32 bits per heavy atom. The molecule has 4 aromatic rings. The SMILES string of the molecule is CNc1cc(Nc2cccn(-c3ncco3)c2=O)nc2c(C(=O)N[C@H]3CC[C@H](OC)C3)cnn12. The molecule has 0 aromatic carbocycles. The number of hydrogen-bond donors (Lipinski definition) is 3. The monoisotopic (exact) mass is 464 g/mol. The summed E-state index contributed by atoms with van der Waals surface area (Å²) in [6, 6.07) is 5.21. The highest BCUT2D eigenvalue weighted by Crippen LogP contribution is 2.24. The summed E-state index contributed by atoms with van der Waals surface area (Å²) in [6.45, 7) is 0. The second kappa shape index (κ2) is 8.98. The average molecular weight is 464 g/mol. The number of fused-ring (bicyclic) bond motifs is 1. The molecule has 1 fully saturated rings. The number of carbonyl (C=O) groups excluding carboxylic acids is 1. The molecule has 0 radical (unpaired) electrons. The third-order valence-corrected chi connectivity index (χ3v) is 5.86. The quantitative estimate of drug-likeness (QED) is 0.374. The lowest BCUT2D eigenvalue weighted by Gasteiger charge is -2.13. The van der Waals surface area contributed by atoms with Crippen molar-refractivity contribution in [2.45, 2.75) is 31.4 Å². The van der Waals surface area contributed by atoms with Gasteiger partial charge < -0.3 is 25.1 Å². The van der Waals surface area contributed by atoms with Gasteiger partial charge in [-0.1, -0.05) is 0 Å². The summed E-state index contributed by atoms with van der Waals surface area (Å²) in [5, 5.41) is 13.5. The Morgan fingerprint density at radius 2 is 2.21 bits per heavy atom. The van der Waals surface area contributed by atoms with Crippen molar-refractivity contribution in [3.63, 3.8) is 0 Å².